The van der Waals surface area contributed by atoms with Gasteiger partial charge in [-0.15, -0.1) is 0 Å². The molecular weight excluding hydrogens is 250 g/mol. The molecule has 0 aliphatic carbocycles. The van der Waals surface area contributed by atoms with Crippen LogP contribution in [0.1, 0.15) is 19.4 Å². The average Bonchev–Trinajstić information content (AvgIpc) is 2.66. The molecule has 7 heteroatoms. The number of nitrogens with zero attached hydrogens (tertiary/aromatic N) is 2. The van der Waals surface area contributed by atoms with Gasteiger partial charge in [0.1, 0.15) is 18.1 Å². The normalized spacial score (nSPS) is 21.3. The number of nitrogens with one attached hydrogen (secondary N) is 1. The topological polar surface area (TPSA) is 86.5 Å². The highest BCUT2D eigenvalue weighted by Gasteiger charge is 2.32. The van der Waals surface area contributed by atoms with E-state index in [4.69, 9.17) is 9.47 Å². The zero-order valence-electron chi connectivity index (χ0n) is 11.2. The number of ether oxygens (including phenoxy) is 2. The molecule has 0 spiro atoms. The minimum atomic E-state index is -0.550. The molecule has 1 aromatic rings. The van der Waals surface area contributed by atoms with Crippen molar-refractivity contribution in [1.29, 1.82) is 0 Å². The monoisotopic (exact) mass is 267 g/mol. The lowest BCUT2D eigenvalue weighted by atomic mass is 10.2. The molecule has 0 saturated carbocycles. The van der Waals surface area contributed by atoms with E-state index in [9.17, 15) is 10.1 Å². The molecule has 1 fully saturated rings. The van der Waals surface area contributed by atoms with E-state index >= 15 is 0 Å². The van der Waals surface area contributed by atoms with Crippen molar-refractivity contribution in [3.63, 3.8) is 0 Å². The molecule has 0 radical (unpaired) electrons. The molecular formula is C12H17N3O4. The van der Waals surface area contributed by atoms with Crippen LogP contribution in [-0.2, 0) is 9.47 Å². The lowest BCUT2D eigenvalue weighted by Crippen LogP contribution is -2.26. The first-order chi connectivity index (χ1) is 8.87. The summed E-state index contributed by atoms with van der Waals surface area (Å²) in [6, 6.07) is 1.65. The van der Waals surface area contributed by atoms with Gasteiger partial charge in [0.15, 0.2) is 5.79 Å². The van der Waals surface area contributed by atoms with Gasteiger partial charge in [-0.3, -0.25) is 10.1 Å². The summed E-state index contributed by atoms with van der Waals surface area (Å²) >= 11 is 0. The molecule has 2 rings (SSSR count). The van der Waals surface area contributed by atoms with Gasteiger partial charge in [-0.1, -0.05) is 0 Å². The average molecular weight is 267 g/mol. The van der Waals surface area contributed by atoms with Crippen LogP contribution in [0, 0.1) is 17.0 Å². The Labute approximate surface area is 111 Å². The molecule has 7 nitrogen and oxygen atoms in total. The second-order valence-corrected chi connectivity index (χ2v) is 4.94. The molecule has 1 aliphatic heterocycles. The van der Waals surface area contributed by atoms with Crippen molar-refractivity contribution < 1.29 is 14.4 Å². The van der Waals surface area contributed by atoms with Crippen LogP contribution >= 0.6 is 0 Å². The maximum Gasteiger partial charge on any atom is 0.290 e. The highest BCUT2D eigenvalue weighted by Crippen LogP contribution is 2.23. The van der Waals surface area contributed by atoms with Crippen molar-refractivity contribution in [2.45, 2.75) is 32.7 Å². The van der Waals surface area contributed by atoms with Crippen molar-refractivity contribution >= 4 is 11.5 Å². The highest BCUT2D eigenvalue weighted by molar-refractivity contribution is 5.46. The van der Waals surface area contributed by atoms with E-state index in [0.717, 1.165) is 0 Å². The van der Waals surface area contributed by atoms with Crippen molar-refractivity contribution in [2.75, 3.05) is 18.5 Å². The molecule has 1 N–H and O–H groups in total. The molecule has 1 unspecified atom stereocenters. The van der Waals surface area contributed by atoms with E-state index in [1.165, 1.54) is 6.20 Å². The zero-order valence-corrected chi connectivity index (χ0v) is 11.2. The van der Waals surface area contributed by atoms with Gasteiger partial charge < -0.3 is 14.8 Å². The van der Waals surface area contributed by atoms with Crippen LogP contribution in [0.25, 0.3) is 0 Å². The molecule has 0 amide bonds. The number of aromatic nitrogens is 1. The van der Waals surface area contributed by atoms with E-state index in [1.807, 2.05) is 13.8 Å². The van der Waals surface area contributed by atoms with Crippen molar-refractivity contribution in [3.05, 3.63) is 27.9 Å². The van der Waals surface area contributed by atoms with Gasteiger partial charge in [0.25, 0.3) is 5.69 Å². The van der Waals surface area contributed by atoms with E-state index in [-0.39, 0.29) is 11.8 Å². The third-order valence-corrected chi connectivity index (χ3v) is 2.86. The first-order valence-corrected chi connectivity index (χ1v) is 6.04. The Morgan fingerprint density at radius 1 is 1.63 bits per heavy atom. The van der Waals surface area contributed by atoms with Crippen LogP contribution in [0.4, 0.5) is 11.5 Å². The Bertz CT molecular complexity index is 490. The van der Waals surface area contributed by atoms with E-state index in [2.05, 4.69) is 10.3 Å². The number of nitro groups is 1. The highest BCUT2D eigenvalue weighted by atomic mass is 16.7. The van der Waals surface area contributed by atoms with Gasteiger partial charge in [-0.05, 0) is 26.8 Å². The summed E-state index contributed by atoms with van der Waals surface area (Å²) in [5.74, 6) is 0.0435. The van der Waals surface area contributed by atoms with Crippen molar-refractivity contribution in [1.82, 2.24) is 4.98 Å². The standard InChI is InChI=1S/C12H17N3O4/c1-8-4-11(14-6-10(8)15(16)17)13-5-9-7-18-12(2,3)19-9/h4,6,9H,5,7H2,1-3H3,(H,13,14). The Hall–Kier alpha value is -1.73. The smallest absolute Gasteiger partial charge is 0.290 e. The minimum absolute atomic E-state index is 0.0205. The molecule has 1 aromatic heterocycles. The molecule has 1 aliphatic rings. The Morgan fingerprint density at radius 2 is 2.37 bits per heavy atom. The van der Waals surface area contributed by atoms with Gasteiger partial charge in [-0.2, -0.15) is 0 Å². The summed E-state index contributed by atoms with van der Waals surface area (Å²) in [6.07, 6.45) is 1.21. The maximum atomic E-state index is 10.7. The van der Waals surface area contributed by atoms with Crippen LogP contribution < -0.4 is 5.32 Å². The second-order valence-electron chi connectivity index (χ2n) is 4.94. The fourth-order valence-corrected chi connectivity index (χ4v) is 1.92. The number of aryl methyl sites for hydroxylation is 1. The van der Waals surface area contributed by atoms with Gasteiger partial charge in [0.2, 0.25) is 0 Å². The van der Waals surface area contributed by atoms with Gasteiger partial charge >= 0.3 is 0 Å². The van der Waals surface area contributed by atoms with Crippen molar-refractivity contribution in [3.8, 4) is 0 Å². The van der Waals surface area contributed by atoms with Crippen LogP contribution in [0.5, 0.6) is 0 Å². The van der Waals surface area contributed by atoms with Crippen LogP contribution in [0.15, 0.2) is 12.3 Å². The fourth-order valence-electron chi connectivity index (χ4n) is 1.92. The maximum absolute atomic E-state index is 10.7. The molecule has 1 saturated heterocycles. The van der Waals surface area contributed by atoms with Gasteiger partial charge in [-0.25, -0.2) is 4.98 Å². The molecule has 2 heterocycles. The number of hydrogen-bond donors (Lipinski definition) is 1. The number of pyridine rings is 1. The SMILES string of the molecule is Cc1cc(NCC2COC(C)(C)O2)ncc1[N+](=O)[O-]. The predicted molar refractivity (Wildman–Crippen MR) is 69.0 cm³/mol. The number of hydrogen-bond acceptors (Lipinski definition) is 6. The summed E-state index contributed by atoms with van der Waals surface area (Å²) in [5.41, 5.74) is 0.596. The van der Waals surface area contributed by atoms with Gasteiger partial charge in [0.05, 0.1) is 11.5 Å². The Balaban J connectivity index is 1.94. The minimum Gasteiger partial charge on any atom is -0.367 e. The summed E-state index contributed by atoms with van der Waals surface area (Å²) in [5, 5.41) is 13.8. The third-order valence-electron chi connectivity index (χ3n) is 2.86. The quantitative estimate of drug-likeness (QED) is 0.662. The largest absolute Gasteiger partial charge is 0.367 e. The van der Waals surface area contributed by atoms with Crippen LogP contribution in [-0.4, -0.2) is 35.0 Å². The lowest BCUT2D eigenvalue weighted by Gasteiger charge is -2.17. The second kappa shape index (κ2) is 5.10. The lowest BCUT2D eigenvalue weighted by molar-refractivity contribution is -0.385. The van der Waals surface area contributed by atoms with E-state index in [0.29, 0.717) is 24.5 Å². The Morgan fingerprint density at radius 3 is 2.89 bits per heavy atom. The molecule has 104 valence electrons. The van der Waals surface area contributed by atoms with E-state index in [1.54, 1.807) is 13.0 Å². The molecule has 19 heavy (non-hydrogen) atoms. The number of rotatable bonds is 4. The van der Waals surface area contributed by atoms with Gasteiger partial charge in [0, 0.05) is 12.1 Å². The summed E-state index contributed by atoms with van der Waals surface area (Å²) in [6.45, 7) is 6.48. The summed E-state index contributed by atoms with van der Waals surface area (Å²) in [7, 11) is 0. The summed E-state index contributed by atoms with van der Waals surface area (Å²) < 4.78 is 11.1. The summed E-state index contributed by atoms with van der Waals surface area (Å²) in [4.78, 5) is 14.2. The first kappa shape index (κ1) is 13.7. The molecule has 0 aromatic carbocycles. The van der Waals surface area contributed by atoms with Crippen LogP contribution in [0.2, 0.25) is 0 Å². The van der Waals surface area contributed by atoms with Crippen molar-refractivity contribution in [2.24, 2.45) is 0 Å². The number of anilines is 1. The predicted octanol–water partition coefficient (Wildman–Crippen LogP) is 1.86. The Kier molecular flexibility index (Phi) is 3.68. The fraction of sp³-hybridized carbons (Fsp3) is 0.583. The zero-order chi connectivity index (χ0) is 14.0. The van der Waals surface area contributed by atoms with E-state index < -0.39 is 10.7 Å². The third kappa shape index (κ3) is 3.39. The van der Waals surface area contributed by atoms with Crippen LogP contribution in [0.3, 0.4) is 0 Å². The molecule has 1 atom stereocenters. The molecule has 0 bridgehead atoms. The first-order valence-electron chi connectivity index (χ1n) is 6.04.